The standard InChI is InChI=1S/C17H24N2O4/c1-21-15-7-3-6-14(16(15)22-2)17(20)18-9-13-10-19-8-4-5-12(19)11-23-13/h3,6-7,12-13H,4-5,8-11H2,1-2H3,(H,18,20). The van der Waals surface area contributed by atoms with Crippen LogP contribution in [-0.2, 0) is 4.74 Å². The first kappa shape index (κ1) is 16.1. The van der Waals surface area contributed by atoms with E-state index in [-0.39, 0.29) is 12.0 Å². The van der Waals surface area contributed by atoms with Gasteiger partial charge in [0.25, 0.3) is 5.91 Å². The number of benzene rings is 1. The van der Waals surface area contributed by atoms with E-state index in [0.717, 1.165) is 19.7 Å². The maximum absolute atomic E-state index is 12.4. The lowest BCUT2D eigenvalue weighted by molar-refractivity contribution is -0.0461. The topological polar surface area (TPSA) is 60.0 Å². The van der Waals surface area contributed by atoms with Crippen LogP contribution in [0.2, 0.25) is 0 Å². The summed E-state index contributed by atoms with van der Waals surface area (Å²) in [7, 11) is 3.09. The number of nitrogens with one attached hydrogen (secondary N) is 1. The molecule has 23 heavy (non-hydrogen) atoms. The van der Waals surface area contributed by atoms with Crippen molar-refractivity contribution in [2.24, 2.45) is 0 Å². The van der Waals surface area contributed by atoms with Gasteiger partial charge in [0.05, 0.1) is 32.5 Å². The van der Waals surface area contributed by atoms with E-state index in [1.807, 2.05) is 0 Å². The van der Waals surface area contributed by atoms with Crippen LogP contribution < -0.4 is 14.8 Å². The van der Waals surface area contributed by atoms with E-state index in [4.69, 9.17) is 14.2 Å². The zero-order valence-electron chi connectivity index (χ0n) is 13.7. The Bertz CT molecular complexity index is 564. The first-order chi connectivity index (χ1) is 11.2. The quantitative estimate of drug-likeness (QED) is 0.886. The monoisotopic (exact) mass is 320 g/mol. The molecule has 2 aliphatic rings. The largest absolute Gasteiger partial charge is 0.493 e. The van der Waals surface area contributed by atoms with Crippen molar-refractivity contribution in [2.45, 2.75) is 25.0 Å². The van der Waals surface area contributed by atoms with E-state index in [0.29, 0.717) is 29.6 Å². The highest BCUT2D eigenvalue weighted by Gasteiger charge is 2.32. The third kappa shape index (κ3) is 3.43. The number of carbonyl (C=O) groups is 1. The fourth-order valence-corrected chi connectivity index (χ4v) is 3.38. The summed E-state index contributed by atoms with van der Waals surface area (Å²) in [5.74, 6) is 0.832. The maximum atomic E-state index is 12.4. The number of hydrogen-bond donors (Lipinski definition) is 1. The van der Waals surface area contributed by atoms with Gasteiger partial charge in [0.2, 0.25) is 0 Å². The molecular weight excluding hydrogens is 296 g/mol. The average molecular weight is 320 g/mol. The molecule has 126 valence electrons. The Balaban J connectivity index is 1.59. The molecule has 6 heteroatoms. The molecule has 2 unspecified atom stereocenters. The third-order valence-corrected chi connectivity index (χ3v) is 4.60. The van der Waals surface area contributed by atoms with Crippen molar-refractivity contribution in [3.05, 3.63) is 23.8 Å². The van der Waals surface area contributed by atoms with Crippen molar-refractivity contribution in [1.82, 2.24) is 10.2 Å². The number of para-hydroxylation sites is 1. The highest BCUT2D eigenvalue weighted by molar-refractivity contribution is 5.97. The molecule has 2 aliphatic heterocycles. The van der Waals surface area contributed by atoms with Crippen LogP contribution in [0.4, 0.5) is 0 Å². The lowest BCUT2D eigenvalue weighted by atomic mass is 10.1. The smallest absolute Gasteiger partial charge is 0.255 e. The van der Waals surface area contributed by atoms with Crippen LogP contribution >= 0.6 is 0 Å². The SMILES string of the molecule is COc1cccc(C(=O)NCC2CN3CCCC3CO2)c1OC. The third-order valence-electron chi connectivity index (χ3n) is 4.60. The van der Waals surface area contributed by atoms with Gasteiger partial charge in [0.1, 0.15) is 0 Å². The van der Waals surface area contributed by atoms with Crippen molar-refractivity contribution in [2.75, 3.05) is 40.5 Å². The van der Waals surface area contributed by atoms with Crippen LogP contribution in [0, 0.1) is 0 Å². The van der Waals surface area contributed by atoms with Crippen LogP contribution in [-0.4, -0.2) is 63.4 Å². The average Bonchev–Trinajstić information content (AvgIpc) is 3.06. The summed E-state index contributed by atoms with van der Waals surface area (Å²) in [6, 6.07) is 5.85. The second-order valence-electron chi connectivity index (χ2n) is 6.00. The van der Waals surface area contributed by atoms with Crippen LogP contribution in [0.1, 0.15) is 23.2 Å². The minimum Gasteiger partial charge on any atom is -0.493 e. The summed E-state index contributed by atoms with van der Waals surface area (Å²) in [6.07, 6.45) is 2.51. The van der Waals surface area contributed by atoms with Gasteiger partial charge in [-0.05, 0) is 31.5 Å². The van der Waals surface area contributed by atoms with Gasteiger partial charge in [-0.25, -0.2) is 0 Å². The second-order valence-corrected chi connectivity index (χ2v) is 6.00. The van der Waals surface area contributed by atoms with E-state index in [1.165, 1.54) is 20.0 Å². The predicted molar refractivity (Wildman–Crippen MR) is 86.2 cm³/mol. The van der Waals surface area contributed by atoms with Crippen LogP contribution in [0.15, 0.2) is 18.2 Å². The molecule has 0 aliphatic carbocycles. The Morgan fingerprint density at radius 3 is 3.04 bits per heavy atom. The van der Waals surface area contributed by atoms with Crippen LogP contribution in [0.3, 0.4) is 0 Å². The molecular formula is C17H24N2O4. The zero-order chi connectivity index (χ0) is 16.2. The molecule has 1 N–H and O–H groups in total. The number of amides is 1. The van der Waals surface area contributed by atoms with Crippen LogP contribution in [0.5, 0.6) is 11.5 Å². The molecule has 0 aromatic heterocycles. The lowest BCUT2D eigenvalue weighted by Crippen LogP contribution is -2.50. The summed E-state index contributed by atoms with van der Waals surface area (Å²) in [5, 5.41) is 2.95. The number of fused-ring (bicyclic) bond motifs is 1. The minimum absolute atomic E-state index is 0.0462. The van der Waals surface area contributed by atoms with Gasteiger partial charge in [0, 0.05) is 19.1 Å². The Morgan fingerprint density at radius 1 is 1.39 bits per heavy atom. The second kappa shape index (κ2) is 7.19. The summed E-state index contributed by atoms with van der Waals surface area (Å²) < 4.78 is 16.4. The highest BCUT2D eigenvalue weighted by atomic mass is 16.5. The molecule has 1 aromatic carbocycles. The molecule has 1 amide bonds. The molecule has 6 nitrogen and oxygen atoms in total. The van der Waals surface area contributed by atoms with Crippen molar-refractivity contribution >= 4 is 5.91 Å². The van der Waals surface area contributed by atoms with Gasteiger partial charge < -0.3 is 19.5 Å². The van der Waals surface area contributed by atoms with Gasteiger partial charge in [0.15, 0.2) is 11.5 Å². The Morgan fingerprint density at radius 2 is 2.26 bits per heavy atom. The minimum atomic E-state index is -0.173. The number of ether oxygens (including phenoxy) is 3. The molecule has 2 fully saturated rings. The van der Waals surface area contributed by atoms with Gasteiger partial charge in [-0.2, -0.15) is 0 Å². The van der Waals surface area contributed by atoms with Crippen molar-refractivity contribution in [3.8, 4) is 11.5 Å². The van der Waals surface area contributed by atoms with Crippen molar-refractivity contribution in [1.29, 1.82) is 0 Å². The molecule has 2 saturated heterocycles. The Hall–Kier alpha value is -1.79. The normalized spacial score (nSPS) is 24.1. The van der Waals surface area contributed by atoms with E-state index in [9.17, 15) is 4.79 Å². The number of carbonyl (C=O) groups excluding carboxylic acids is 1. The highest BCUT2D eigenvalue weighted by Crippen LogP contribution is 2.30. The molecule has 0 bridgehead atoms. The first-order valence-electron chi connectivity index (χ1n) is 8.07. The van der Waals surface area contributed by atoms with E-state index in [2.05, 4.69) is 10.2 Å². The zero-order valence-corrected chi connectivity index (χ0v) is 13.7. The molecule has 2 heterocycles. The van der Waals surface area contributed by atoms with Gasteiger partial charge >= 0.3 is 0 Å². The van der Waals surface area contributed by atoms with Gasteiger partial charge in [-0.1, -0.05) is 6.07 Å². The van der Waals surface area contributed by atoms with E-state index in [1.54, 1.807) is 25.3 Å². The van der Waals surface area contributed by atoms with E-state index < -0.39 is 0 Å². The van der Waals surface area contributed by atoms with Crippen LogP contribution in [0.25, 0.3) is 0 Å². The fraction of sp³-hybridized carbons (Fsp3) is 0.588. The lowest BCUT2D eigenvalue weighted by Gasteiger charge is -2.35. The number of hydrogen-bond acceptors (Lipinski definition) is 5. The summed E-state index contributed by atoms with van der Waals surface area (Å²) in [5.41, 5.74) is 0.474. The van der Waals surface area contributed by atoms with Gasteiger partial charge in [-0.3, -0.25) is 9.69 Å². The number of morpholine rings is 1. The summed E-state index contributed by atoms with van der Waals surface area (Å²) >= 11 is 0. The Kier molecular flexibility index (Phi) is 5.03. The molecule has 1 aromatic rings. The molecule has 0 radical (unpaired) electrons. The number of rotatable bonds is 5. The first-order valence-corrected chi connectivity index (χ1v) is 8.07. The predicted octanol–water partition coefficient (Wildman–Crippen LogP) is 1.30. The number of methoxy groups -OCH3 is 2. The maximum Gasteiger partial charge on any atom is 0.255 e. The van der Waals surface area contributed by atoms with Crippen molar-refractivity contribution < 1.29 is 19.0 Å². The molecule has 0 saturated carbocycles. The van der Waals surface area contributed by atoms with Gasteiger partial charge in [-0.15, -0.1) is 0 Å². The fourth-order valence-electron chi connectivity index (χ4n) is 3.38. The van der Waals surface area contributed by atoms with E-state index >= 15 is 0 Å². The Labute approximate surface area is 136 Å². The molecule has 0 spiro atoms. The molecule has 2 atom stereocenters. The summed E-state index contributed by atoms with van der Waals surface area (Å²) in [4.78, 5) is 14.9. The summed E-state index contributed by atoms with van der Waals surface area (Å²) in [6.45, 7) is 3.30. The molecule has 3 rings (SSSR count). The van der Waals surface area contributed by atoms with Crippen molar-refractivity contribution in [3.63, 3.8) is 0 Å². The number of nitrogens with zero attached hydrogens (tertiary/aromatic N) is 1.